The predicted octanol–water partition coefficient (Wildman–Crippen LogP) is 2.16. The van der Waals surface area contributed by atoms with Crippen molar-refractivity contribution in [3.05, 3.63) is 35.1 Å². The number of benzene rings is 1. The molecule has 0 fully saturated rings. The molecule has 0 unspecified atom stereocenters. The second-order valence-corrected chi connectivity index (χ2v) is 4.39. The number of hydrogen-bond donors (Lipinski definition) is 1. The number of hydrogen-bond acceptors (Lipinski definition) is 2. The first kappa shape index (κ1) is 14.4. The van der Waals surface area contributed by atoms with Gasteiger partial charge in [-0.25, -0.2) is 4.39 Å². The van der Waals surface area contributed by atoms with Crippen LogP contribution in [0.1, 0.15) is 30.9 Å². The lowest BCUT2D eigenvalue weighted by Gasteiger charge is -2.06. The lowest BCUT2D eigenvalue weighted by molar-refractivity contribution is -0.124. The van der Waals surface area contributed by atoms with E-state index in [1.807, 2.05) is 0 Å². The van der Waals surface area contributed by atoms with E-state index in [0.717, 1.165) is 5.56 Å². The van der Waals surface area contributed by atoms with E-state index >= 15 is 0 Å². The zero-order valence-electron chi connectivity index (χ0n) is 10.8. The van der Waals surface area contributed by atoms with Crippen LogP contribution in [0.25, 0.3) is 0 Å². The number of carbonyl (C=O) groups excluding carboxylic acids is 2. The van der Waals surface area contributed by atoms with Crippen LogP contribution < -0.4 is 5.32 Å². The molecule has 4 heteroatoms. The summed E-state index contributed by atoms with van der Waals surface area (Å²) in [6.07, 6.45) is 1.17. The normalized spacial score (nSPS) is 10.2. The van der Waals surface area contributed by atoms with Gasteiger partial charge in [-0.2, -0.15) is 0 Å². The van der Waals surface area contributed by atoms with Gasteiger partial charge in [-0.3, -0.25) is 4.79 Å². The maximum Gasteiger partial charge on any atom is 0.220 e. The molecule has 3 nitrogen and oxygen atoms in total. The molecule has 0 aliphatic carbocycles. The highest BCUT2D eigenvalue weighted by molar-refractivity contribution is 5.83. The lowest BCUT2D eigenvalue weighted by Crippen LogP contribution is -2.25. The zero-order chi connectivity index (χ0) is 13.5. The van der Waals surface area contributed by atoms with Crippen LogP contribution >= 0.6 is 0 Å². The van der Waals surface area contributed by atoms with E-state index in [1.54, 1.807) is 19.1 Å². The highest BCUT2D eigenvalue weighted by Gasteiger charge is 2.03. The van der Waals surface area contributed by atoms with Gasteiger partial charge in [-0.1, -0.05) is 12.1 Å². The van der Waals surface area contributed by atoms with Gasteiger partial charge in [0.2, 0.25) is 5.91 Å². The highest BCUT2D eigenvalue weighted by Crippen LogP contribution is 2.09. The molecule has 0 aliphatic heterocycles. The van der Waals surface area contributed by atoms with Gasteiger partial charge in [-0.15, -0.1) is 0 Å². The van der Waals surface area contributed by atoms with E-state index in [2.05, 4.69) is 5.32 Å². The summed E-state index contributed by atoms with van der Waals surface area (Å²) < 4.78 is 13.0. The molecule has 0 heterocycles. The Morgan fingerprint density at radius 3 is 2.61 bits per heavy atom. The number of halogens is 1. The summed E-state index contributed by atoms with van der Waals surface area (Å²) in [5.41, 5.74) is 1.59. The Bertz CT molecular complexity index is 443. The quantitative estimate of drug-likeness (QED) is 0.842. The van der Waals surface area contributed by atoms with Crippen LogP contribution in [0.4, 0.5) is 4.39 Å². The Labute approximate surface area is 106 Å². The van der Waals surface area contributed by atoms with Crippen molar-refractivity contribution in [3.8, 4) is 0 Å². The first-order valence-corrected chi connectivity index (χ1v) is 6.00. The van der Waals surface area contributed by atoms with E-state index in [9.17, 15) is 14.0 Å². The largest absolute Gasteiger partial charge is 0.356 e. The topological polar surface area (TPSA) is 46.2 Å². The summed E-state index contributed by atoms with van der Waals surface area (Å²) in [6.45, 7) is 3.68. The summed E-state index contributed by atoms with van der Waals surface area (Å²) in [4.78, 5) is 22.0. The standard InChI is InChI=1S/C14H18FNO2/c1-10-9-12(4-5-13(10)15)7-8-16-14(18)6-3-11(2)17/h4-5,9H,3,6-8H2,1-2H3,(H,16,18). The molecule has 0 saturated carbocycles. The van der Waals surface area contributed by atoms with Crippen molar-refractivity contribution in [1.82, 2.24) is 5.32 Å². The first-order valence-electron chi connectivity index (χ1n) is 6.00. The molecule has 1 amide bonds. The lowest BCUT2D eigenvalue weighted by atomic mass is 10.1. The summed E-state index contributed by atoms with van der Waals surface area (Å²) in [5, 5.41) is 2.74. The minimum atomic E-state index is -0.218. The minimum Gasteiger partial charge on any atom is -0.356 e. The second-order valence-electron chi connectivity index (χ2n) is 4.39. The van der Waals surface area contributed by atoms with Crippen LogP contribution in [0.5, 0.6) is 0 Å². The van der Waals surface area contributed by atoms with Crippen molar-refractivity contribution in [2.24, 2.45) is 0 Å². The Morgan fingerprint density at radius 2 is 2.00 bits per heavy atom. The molecule has 0 saturated heterocycles. The summed E-state index contributed by atoms with van der Waals surface area (Å²) >= 11 is 0. The number of rotatable bonds is 6. The second kappa shape index (κ2) is 6.89. The molecule has 1 rings (SSSR count). The maximum absolute atomic E-state index is 13.0. The van der Waals surface area contributed by atoms with Crippen molar-refractivity contribution in [1.29, 1.82) is 0 Å². The van der Waals surface area contributed by atoms with Gasteiger partial charge in [0.25, 0.3) is 0 Å². The maximum atomic E-state index is 13.0. The average molecular weight is 251 g/mol. The molecule has 0 bridgehead atoms. The van der Waals surface area contributed by atoms with Crippen LogP contribution in [0, 0.1) is 12.7 Å². The third-order valence-electron chi connectivity index (χ3n) is 2.66. The van der Waals surface area contributed by atoms with E-state index in [0.29, 0.717) is 18.5 Å². The predicted molar refractivity (Wildman–Crippen MR) is 67.8 cm³/mol. The summed E-state index contributed by atoms with van der Waals surface area (Å²) in [5.74, 6) is -0.326. The van der Waals surface area contributed by atoms with E-state index in [4.69, 9.17) is 0 Å². The number of amides is 1. The molecule has 18 heavy (non-hydrogen) atoms. The van der Waals surface area contributed by atoms with Gasteiger partial charge in [0.05, 0.1) is 0 Å². The SMILES string of the molecule is CC(=O)CCC(=O)NCCc1ccc(F)c(C)c1. The van der Waals surface area contributed by atoms with Gasteiger partial charge in [-0.05, 0) is 37.5 Å². The molecule has 0 aliphatic rings. The van der Waals surface area contributed by atoms with E-state index in [-0.39, 0.29) is 30.3 Å². The molecule has 0 atom stereocenters. The van der Waals surface area contributed by atoms with Crippen LogP contribution in [0.3, 0.4) is 0 Å². The molecule has 0 radical (unpaired) electrons. The molecule has 0 aromatic heterocycles. The molecule has 98 valence electrons. The monoisotopic (exact) mass is 251 g/mol. The summed E-state index contributed by atoms with van der Waals surface area (Å²) in [7, 11) is 0. The fraction of sp³-hybridized carbons (Fsp3) is 0.429. The van der Waals surface area contributed by atoms with Crippen molar-refractivity contribution >= 4 is 11.7 Å². The van der Waals surface area contributed by atoms with E-state index < -0.39 is 0 Å². The Hall–Kier alpha value is -1.71. The first-order chi connectivity index (χ1) is 8.49. The third kappa shape index (κ3) is 5.08. The van der Waals surface area contributed by atoms with Crippen LogP contribution in [0.15, 0.2) is 18.2 Å². The van der Waals surface area contributed by atoms with Crippen molar-refractivity contribution in [3.63, 3.8) is 0 Å². The van der Waals surface area contributed by atoms with Gasteiger partial charge in [0, 0.05) is 19.4 Å². The van der Waals surface area contributed by atoms with Gasteiger partial charge in [0.1, 0.15) is 11.6 Å². The molecule has 1 aromatic carbocycles. The Balaban J connectivity index is 2.30. The van der Waals surface area contributed by atoms with Crippen LogP contribution in [-0.4, -0.2) is 18.2 Å². The smallest absolute Gasteiger partial charge is 0.220 e. The van der Waals surface area contributed by atoms with Crippen LogP contribution in [-0.2, 0) is 16.0 Å². The van der Waals surface area contributed by atoms with Crippen molar-refractivity contribution < 1.29 is 14.0 Å². The highest BCUT2D eigenvalue weighted by atomic mass is 19.1. The molecule has 1 N–H and O–H groups in total. The number of aryl methyl sites for hydroxylation is 1. The number of Topliss-reactive ketones (excluding diaryl/α,β-unsaturated/α-hetero) is 1. The summed E-state index contributed by atoms with van der Waals surface area (Å²) in [6, 6.07) is 4.92. The zero-order valence-corrected chi connectivity index (χ0v) is 10.8. The Kier molecular flexibility index (Phi) is 5.49. The Morgan fingerprint density at radius 1 is 1.28 bits per heavy atom. The molecule has 1 aromatic rings. The fourth-order valence-electron chi connectivity index (χ4n) is 1.59. The minimum absolute atomic E-state index is 0.0132. The van der Waals surface area contributed by atoms with Gasteiger partial charge in [0.15, 0.2) is 0 Å². The third-order valence-corrected chi connectivity index (χ3v) is 2.66. The van der Waals surface area contributed by atoms with Crippen LogP contribution in [0.2, 0.25) is 0 Å². The fourth-order valence-corrected chi connectivity index (χ4v) is 1.59. The molecular formula is C14H18FNO2. The molecular weight excluding hydrogens is 233 g/mol. The number of carbonyl (C=O) groups is 2. The van der Waals surface area contributed by atoms with E-state index in [1.165, 1.54) is 13.0 Å². The average Bonchev–Trinajstić information content (AvgIpc) is 2.31. The number of ketones is 1. The van der Waals surface area contributed by atoms with Crippen molar-refractivity contribution in [2.45, 2.75) is 33.1 Å². The number of nitrogens with one attached hydrogen (secondary N) is 1. The van der Waals surface area contributed by atoms with Crippen molar-refractivity contribution in [2.75, 3.05) is 6.54 Å². The molecule has 0 spiro atoms. The van der Waals surface area contributed by atoms with Gasteiger partial charge >= 0.3 is 0 Å². The van der Waals surface area contributed by atoms with Gasteiger partial charge < -0.3 is 10.1 Å².